The number of carbonyl (C=O) groups is 1. The van der Waals surface area contributed by atoms with E-state index in [4.69, 9.17) is 4.74 Å². The molecule has 0 aliphatic heterocycles. The summed E-state index contributed by atoms with van der Waals surface area (Å²) < 4.78 is 4.87. The van der Waals surface area contributed by atoms with Gasteiger partial charge in [0.2, 0.25) is 0 Å². The van der Waals surface area contributed by atoms with E-state index >= 15 is 0 Å². The summed E-state index contributed by atoms with van der Waals surface area (Å²) >= 11 is 0. The van der Waals surface area contributed by atoms with Gasteiger partial charge in [0, 0.05) is 29.4 Å². The Balaban J connectivity index is 2.08. The van der Waals surface area contributed by atoms with E-state index in [9.17, 15) is 4.79 Å². The van der Waals surface area contributed by atoms with Crippen molar-refractivity contribution >= 4 is 16.9 Å². The summed E-state index contributed by atoms with van der Waals surface area (Å²) in [4.78, 5) is 20.6. The number of ether oxygens (including phenoxy) is 1. The Morgan fingerprint density at radius 2 is 1.87 bits per heavy atom. The molecule has 4 nitrogen and oxygen atoms in total. The summed E-state index contributed by atoms with van der Waals surface area (Å²) in [6.45, 7) is 4.10. The second kappa shape index (κ2) is 6.16. The number of rotatable bonds is 3. The van der Waals surface area contributed by atoms with Crippen LogP contribution in [0.4, 0.5) is 0 Å². The molecule has 0 spiro atoms. The number of methoxy groups -OCH3 is 1. The molecule has 4 heteroatoms. The first-order chi connectivity index (χ1) is 11.1. The third-order valence-electron chi connectivity index (χ3n) is 4.11. The highest BCUT2D eigenvalue weighted by Crippen LogP contribution is 2.27. The van der Waals surface area contributed by atoms with E-state index in [-0.39, 0.29) is 11.9 Å². The van der Waals surface area contributed by atoms with Crippen LogP contribution < -0.4 is 0 Å². The van der Waals surface area contributed by atoms with Crippen LogP contribution in [0.25, 0.3) is 10.9 Å². The molecule has 0 saturated heterocycles. The third-order valence-corrected chi connectivity index (χ3v) is 4.11. The Bertz CT molecular complexity index is 857. The van der Waals surface area contributed by atoms with E-state index in [1.807, 2.05) is 37.4 Å². The zero-order valence-corrected chi connectivity index (χ0v) is 13.4. The lowest BCUT2D eigenvalue weighted by atomic mass is 9.92. The number of nitrogens with zero attached hydrogens (tertiary/aromatic N) is 2. The second-order valence-corrected chi connectivity index (χ2v) is 5.58. The monoisotopic (exact) mass is 306 g/mol. The predicted octanol–water partition coefficient (Wildman–Crippen LogP) is 3.88. The highest BCUT2D eigenvalue weighted by atomic mass is 16.5. The SMILES string of the molecule is COC(=O)c1ccnc2ccc([C@@H](C)c3ccc(C)nc3)cc12. The fourth-order valence-corrected chi connectivity index (χ4v) is 2.65. The quantitative estimate of drug-likeness (QED) is 0.689. The number of benzene rings is 1. The molecular formula is C19H18N2O2. The van der Waals surface area contributed by atoms with Gasteiger partial charge in [0.15, 0.2) is 0 Å². The minimum Gasteiger partial charge on any atom is -0.465 e. The second-order valence-electron chi connectivity index (χ2n) is 5.58. The van der Waals surface area contributed by atoms with Crippen molar-refractivity contribution in [2.24, 2.45) is 0 Å². The van der Waals surface area contributed by atoms with Crippen molar-refractivity contribution in [3.63, 3.8) is 0 Å². The van der Waals surface area contributed by atoms with Gasteiger partial charge in [-0.1, -0.05) is 19.1 Å². The molecule has 0 aliphatic rings. The van der Waals surface area contributed by atoms with Gasteiger partial charge in [-0.15, -0.1) is 0 Å². The summed E-state index contributed by atoms with van der Waals surface area (Å²) in [6.07, 6.45) is 3.52. The van der Waals surface area contributed by atoms with Crippen LogP contribution in [0.3, 0.4) is 0 Å². The Labute approximate surface area is 135 Å². The van der Waals surface area contributed by atoms with Gasteiger partial charge in [-0.3, -0.25) is 9.97 Å². The maximum absolute atomic E-state index is 12.0. The molecule has 2 aromatic heterocycles. The van der Waals surface area contributed by atoms with Crippen molar-refractivity contribution in [1.82, 2.24) is 9.97 Å². The first-order valence-corrected chi connectivity index (χ1v) is 7.49. The van der Waals surface area contributed by atoms with Gasteiger partial charge in [0.25, 0.3) is 0 Å². The van der Waals surface area contributed by atoms with Crippen molar-refractivity contribution in [3.8, 4) is 0 Å². The molecule has 0 bridgehead atoms. The molecule has 2 heterocycles. The molecule has 3 rings (SSSR count). The number of carbonyl (C=O) groups excluding carboxylic acids is 1. The molecule has 0 N–H and O–H groups in total. The lowest BCUT2D eigenvalue weighted by Crippen LogP contribution is -2.04. The van der Waals surface area contributed by atoms with Crippen molar-refractivity contribution in [3.05, 3.63) is 71.2 Å². The van der Waals surface area contributed by atoms with Crippen molar-refractivity contribution in [2.75, 3.05) is 7.11 Å². The molecule has 0 aliphatic carbocycles. The van der Waals surface area contributed by atoms with Gasteiger partial charge in [0.05, 0.1) is 18.2 Å². The van der Waals surface area contributed by atoms with Gasteiger partial charge >= 0.3 is 5.97 Å². The van der Waals surface area contributed by atoms with Crippen molar-refractivity contribution < 1.29 is 9.53 Å². The van der Waals surface area contributed by atoms with E-state index in [0.29, 0.717) is 5.56 Å². The van der Waals surface area contributed by atoms with Crippen LogP contribution in [0.2, 0.25) is 0 Å². The highest BCUT2D eigenvalue weighted by Gasteiger charge is 2.14. The number of esters is 1. The maximum Gasteiger partial charge on any atom is 0.338 e. The fraction of sp³-hybridized carbons (Fsp3) is 0.211. The molecule has 0 radical (unpaired) electrons. The largest absolute Gasteiger partial charge is 0.465 e. The van der Waals surface area contributed by atoms with Crippen LogP contribution in [-0.2, 0) is 4.74 Å². The molecule has 0 fully saturated rings. The van der Waals surface area contributed by atoms with Crippen LogP contribution in [0.5, 0.6) is 0 Å². The molecule has 3 aromatic rings. The number of hydrogen-bond donors (Lipinski definition) is 0. The van der Waals surface area contributed by atoms with Crippen LogP contribution >= 0.6 is 0 Å². The van der Waals surface area contributed by atoms with E-state index in [1.54, 1.807) is 12.3 Å². The summed E-state index contributed by atoms with van der Waals surface area (Å²) in [5, 5.41) is 0.809. The molecule has 0 saturated carbocycles. The maximum atomic E-state index is 12.0. The highest BCUT2D eigenvalue weighted by molar-refractivity contribution is 6.03. The van der Waals surface area contributed by atoms with Gasteiger partial charge in [-0.2, -0.15) is 0 Å². The smallest absolute Gasteiger partial charge is 0.338 e. The number of hydrogen-bond acceptors (Lipinski definition) is 4. The summed E-state index contributed by atoms with van der Waals surface area (Å²) in [7, 11) is 1.39. The first-order valence-electron chi connectivity index (χ1n) is 7.49. The number of aryl methyl sites for hydroxylation is 1. The van der Waals surface area contributed by atoms with Gasteiger partial charge < -0.3 is 4.74 Å². The summed E-state index contributed by atoms with van der Waals surface area (Å²) in [5.41, 5.74) is 4.57. The standard InChI is InChI=1S/C19H18N2O2/c1-12-4-5-15(11-21-12)13(2)14-6-7-18-17(10-14)16(8-9-20-18)19(22)23-3/h4-11,13H,1-3H3/t13-/m1/s1. The van der Waals surface area contributed by atoms with Gasteiger partial charge in [-0.25, -0.2) is 4.79 Å². The molecule has 0 unspecified atom stereocenters. The minimum absolute atomic E-state index is 0.179. The molecule has 116 valence electrons. The average molecular weight is 306 g/mol. The third kappa shape index (κ3) is 2.93. The van der Waals surface area contributed by atoms with Crippen LogP contribution in [0.15, 0.2) is 48.8 Å². The van der Waals surface area contributed by atoms with E-state index in [2.05, 4.69) is 23.0 Å². The zero-order valence-electron chi connectivity index (χ0n) is 13.4. The Kier molecular flexibility index (Phi) is 4.06. The molecule has 0 amide bonds. The molecule has 1 aromatic carbocycles. The molecular weight excluding hydrogens is 288 g/mol. The van der Waals surface area contributed by atoms with Gasteiger partial charge in [-0.05, 0) is 42.3 Å². The number of pyridine rings is 2. The summed E-state index contributed by atoms with van der Waals surface area (Å²) in [6, 6.07) is 11.8. The van der Waals surface area contributed by atoms with Crippen LogP contribution in [-0.4, -0.2) is 23.0 Å². The molecule has 1 atom stereocenters. The van der Waals surface area contributed by atoms with Gasteiger partial charge in [0.1, 0.15) is 0 Å². The van der Waals surface area contributed by atoms with Crippen molar-refractivity contribution in [2.45, 2.75) is 19.8 Å². The topological polar surface area (TPSA) is 52.1 Å². The van der Waals surface area contributed by atoms with E-state index in [1.165, 1.54) is 7.11 Å². The van der Waals surface area contributed by atoms with E-state index in [0.717, 1.165) is 27.7 Å². The Morgan fingerprint density at radius 3 is 2.57 bits per heavy atom. The Morgan fingerprint density at radius 1 is 1.09 bits per heavy atom. The Hall–Kier alpha value is -2.75. The molecule has 23 heavy (non-hydrogen) atoms. The number of aromatic nitrogens is 2. The van der Waals surface area contributed by atoms with Crippen LogP contribution in [0.1, 0.15) is 40.0 Å². The lowest BCUT2D eigenvalue weighted by Gasteiger charge is -2.14. The first kappa shape index (κ1) is 15.2. The minimum atomic E-state index is -0.348. The average Bonchev–Trinajstić information content (AvgIpc) is 2.60. The van der Waals surface area contributed by atoms with Crippen LogP contribution in [0, 0.1) is 6.92 Å². The predicted molar refractivity (Wildman–Crippen MR) is 89.6 cm³/mol. The zero-order chi connectivity index (χ0) is 16.4. The normalized spacial score (nSPS) is 12.1. The number of fused-ring (bicyclic) bond motifs is 1. The fourth-order valence-electron chi connectivity index (χ4n) is 2.65. The van der Waals surface area contributed by atoms with E-state index < -0.39 is 0 Å². The van der Waals surface area contributed by atoms with Crippen molar-refractivity contribution in [1.29, 1.82) is 0 Å². The summed E-state index contributed by atoms with van der Waals surface area (Å²) in [5.74, 6) is -0.169. The lowest BCUT2D eigenvalue weighted by molar-refractivity contribution is 0.0603.